The van der Waals surface area contributed by atoms with Gasteiger partial charge in [-0.05, 0) is 29.8 Å². The Morgan fingerprint density at radius 3 is 2.32 bits per heavy atom. The number of methoxy groups -OCH3 is 3. The average Bonchev–Trinajstić information content (AvgIpc) is 3.13. The lowest BCUT2D eigenvalue weighted by molar-refractivity contribution is 0.103. The molecule has 8 heteroatoms. The Labute approximate surface area is 153 Å². The topological polar surface area (TPSA) is 70.5 Å². The van der Waals surface area contributed by atoms with Gasteiger partial charge in [0.1, 0.15) is 5.69 Å². The fourth-order valence-electron chi connectivity index (χ4n) is 2.44. The van der Waals surface area contributed by atoms with Gasteiger partial charge in [0, 0.05) is 5.56 Å². The van der Waals surface area contributed by atoms with Crippen molar-refractivity contribution in [1.82, 2.24) is 9.97 Å². The zero-order valence-electron chi connectivity index (χ0n) is 14.2. The summed E-state index contributed by atoms with van der Waals surface area (Å²) in [7, 11) is 4.55. The molecule has 0 radical (unpaired) electrons. The minimum absolute atomic E-state index is 0.218. The minimum Gasteiger partial charge on any atom is -0.493 e. The smallest absolute Gasteiger partial charge is 0.213 e. The van der Waals surface area contributed by atoms with Gasteiger partial charge in [0.2, 0.25) is 11.5 Å². The van der Waals surface area contributed by atoms with E-state index < -0.39 is 0 Å². The van der Waals surface area contributed by atoms with Crippen molar-refractivity contribution in [2.24, 2.45) is 0 Å². The molecule has 1 aromatic carbocycles. The summed E-state index contributed by atoms with van der Waals surface area (Å²) in [5, 5.41) is 2.46. The Morgan fingerprint density at radius 2 is 1.76 bits per heavy atom. The van der Waals surface area contributed by atoms with Crippen LogP contribution in [-0.4, -0.2) is 43.3 Å². The van der Waals surface area contributed by atoms with Crippen LogP contribution in [0.15, 0.2) is 28.7 Å². The van der Waals surface area contributed by atoms with E-state index in [4.69, 9.17) is 14.2 Å². The summed E-state index contributed by atoms with van der Waals surface area (Å²) in [6, 6.07) is 5.14. The van der Waals surface area contributed by atoms with Crippen LogP contribution in [-0.2, 0) is 0 Å². The van der Waals surface area contributed by atoms with Gasteiger partial charge >= 0.3 is 0 Å². The van der Waals surface area contributed by atoms with Crippen LogP contribution >= 0.6 is 23.1 Å². The zero-order chi connectivity index (χ0) is 18.0. The number of hydrogen-bond donors (Lipinski definition) is 0. The van der Waals surface area contributed by atoms with Crippen LogP contribution in [0.2, 0.25) is 0 Å². The van der Waals surface area contributed by atoms with Crippen molar-refractivity contribution in [1.29, 1.82) is 0 Å². The van der Waals surface area contributed by atoms with E-state index in [0.717, 1.165) is 10.2 Å². The van der Waals surface area contributed by atoms with E-state index in [1.54, 1.807) is 12.1 Å². The summed E-state index contributed by atoms with van der Waals surface area (Å²) in [6.07, 6.45) is 1.88. The van der Waals surface area contributed by atoms with Crippen LogP contribution in [0, 0.1) is 0 Å². The lowest BCUT2D eigenvalue weighted by atomic mass is 10.1. The average molecular weight is 376 g/mol. The normalized spacial score (nSPS) is 10.7. The first kappa shape index (κ1) is 17.5. The van der Waals surface area contributed by atoms with Crippen LogP contribution in [0.5, 0.6) is 17.2 Å². The van der Waals surface area contributed by atoms with Gasteiger partial charge in [-0.3, -0.25) is 4.79 Å². The summed E-state index contributed by atoms with van der Waals surface area (Å²) in [5.41, 5.74) is 1.55. The molecule has 0 amide bonds. The third-order valence-electron chi connectivity index (χ3n) is 3.61. The van der Waals surface area contributed by atoms with Gasteiger partial charge < -0.3 is 14.2 Å². The second kappa shape index (κ2) is 7.28. The molecule has 0 aliphatic rings. The number of ketones is 1. The first-order valence-corrected chi connectivity index (χ1v) is 9.37. The SMILES string of the molecule is COc1cc(C(=O)c2nc(SC)nc3ccsc23)cc(OC)c1OC. The summed E-state index contributed by atoms with van der Waals surface area (Å²) in [6.45, 7) is 0. The van der Waals surface area contributed by atoms with E-state index in [9.17, 15) is 4.79 Å². The van der Waals surface area contributed by atoms with E-state index in [1.165, 1.54) is 44.4 Å². The Bertz CT molecular complexity index is 915. The van der Waals surface area contributed by atoms with E-state index in [1.807, 2.05) is 17.7 Å². The monoisotopic (exact) mass is 376 g/mol. The maximum atomic E-state index is 13.1. The fourth-order valence-corrected chi connectivity index (χ4v) is 3.63. The van der Waals surface area contributed by atoms with Crippen molar-refractivity contribution < 1.29 is 19.0 Å². The molecule has 2 heterocycles. The molecule has 2 aromatic heterocycles. The largest absolute Gasteiger partial charge is 0.493 e. The van der Waals surface area contributed by atoms with Crippen LogP contribution in [0.3, 0.4) is 0 Å². The first-order chi connectivity index (χ1) is 12.1. The number of nitrogens with zero attached hydrogens (tertiary/aromatic N) is 2. The molecule has 3 rings (SSSR count). The number of carbonyl (C=O) groups excluding carboxylic acids is 1. The summed E-state index contributed by atoms with van der Waals surface area (Å²) < 4.78 is 16.7. The van der Waals surface area contributed by atoms with Crippen molar-refractivity contribution in [2.45, 2.75) is 5.16 Å². The maximum Gasteiger partial charge on any atom is 0.213 e. The van der Waals surface area contributed by atoms with E-state index in [2.05, 4.69) is 9.97 Å². The van der Waals surface area contributed by atoms with Gasteiger partial charge in [0.25, 0.3) is 0 Å². The molecule has 0 spiro atoms. The number of hydrogen-bond acceptors (Lipinski definition) is 8. The van der Waals surface area contributed by atoms with Gasteiger partial charge in [-0.15, -0.1) is 11.3 Å². The van der Waals surface area contributed by atoms with Crippen LogP contribution < -0.4 is 14.2 Å². The summed E-state index contributed by atoms with van der Waals surface area (Å²) >= 11 is 2.84. The van der Waals surface area contributed by atoms with Crippen molar-refractivity contribution >= 4 is 39.1 Å². The molecule has 130 valence electrons. The van der Waals surface area contributed by atoms with Crippen molar-refractivity contribution in [2.75, 3.05) is 27.6 Å². The van der Waals surface area contributed by atoms with Crippen molar-refractivity contribution in [3.05, 3.63) is 34.8 Å². The van der Waals surface area contributed by atoms with Gasteiger partial charge in [-0.25, -0.2) is 9.97 Å². The number of rotatable bonds is 6. The van der Waals surface area contributed by atoms with E-state index >= 15 is 0 Å². The molecule has 0 atom stereocenters. The summed E-state index contributed by atoms with van der Waals surface area (Å²) in [5.74, 6) is 1.07. The molecule has 0 fully saturated rings. The minimum atomic E-state index is -0.218. The highest BCUT2D eigenvalue weighted by molar-refractivity contribution is 7.98. The third-order valence-corrected chi connectivity index (χ3v) is 5.07. The standard InChI is InChI=1S/C17H16N2O4S2/c1-21-11-7-9(8-12(22-2)15(11)23-3)14(20)13-16-10(5-6-25-16)18-17(19-13)24-4/h5-8H,1-4H3. The predicted molar refractivity (Wildman–Crippen MR) is 98.7 cm³/mol. The van der Waals surface area contributed by atoms with Crippen LogP contribution in [0.4, 0.5) is 0 Å². The molecule has 0 saturated carbocycles. The number of carbonyl (C=O) groups is 1. The van der Waals surface area contributed by atoms with Crippen molar-refractivity contribution in [3.63, 3.8) is 0 Å². The van der Waals surface area contributed by atoms with Crippen LogP contribution in [0.25, 0.3) is 10.2 Å². The molecule has 6 nitrogen and oxygen atoms in total. The Hall–Kier alpha value is -2.32. The highest BCUT2D eigenvalue weighted by Gasteiger charge is 2.22. The second-order valence-corrected chi connectivity index (χ2v) is 6.63. The first-order valence-electron chi connectivity index (χ1n) is 7.26. The molecule has 0 bridgehead atoms. The van der Waals surface area contributed by atoms with Gasteiger partial charge in [0.05, 0.1) is 31.5 Å². The second-order valence-electron chi connectivity index (χ2n) is 4.94. The fraction of sp³-hybridized carbons (Fsp3) is 0.235. The van der Waals surface area contributed by atoms with Gasteiger partial charge in [0.15, 0.2) is 16.7 Å². The van der Waals surface area contributed by atoms with Gasteiger partial charge in [-0.1, -0.05) is 11.8 Å². The van der Waals surface area contributed by atoms with Crippen molar-refractivity contribution in [3.8, 4) is 17.2 Å². The maximum absolute atomic E-state index is 13.1. The predicted octanol–water partition coefficient (Wildman–Crippen LogP) is 3.67. The lowest BCUT2D eigenvalue weighted by Crippen LogP contribution is -2.07. The number of fused-ring (bicyclic) bond motifs is 1. The Morgan fingerprint density at radius 1 is 1.08 bits per heavy atom. The Balaban J connectivity index is 2.17. The highest BCUT2D eigenvalue weighted by Crippen LogP contribution is 2.39. The highest BCUT2D eigenvalue weighted by atomic mass is 32.2. The molecule has 0 aliphatic carbocycles. The number of thiophene rings is 1. The molecular formula is C17H16N2O4S2. The van der Waals surface area contributed by atoms with Crippen LogP contribution in [0.1, 0.15) is 16.1 Å². The van der Waals surface area contributed by atoms with E-state index in [-0.39, 0.29) is 5.78 Å². The van der Waals surface area contributed by atoms with Gasteiger partial charge in [-0.2, -0.15) is 0 Å². The van der Waals surface area contributed by atoms with E-state index in [0.29, 0.717) is 33.7 Å². The number of ether oxygens (including phenoxy) is 3. The zero-order valence-corrected chi connectivity index (χ0v) is 15.8. The molecule has 25 heavy (non-hydrogen) atoms. The number of thioether (sulfide) groups is 1. The molecule has 0 aliphatic heterocycles. The lowest BCUT2D eigenvalue weighted by Gasteiger charge is -2.13. The Kier molecular flexibility index (Phi) is 5.10. The molecular weight excluding hydrogens is 360 g/mol. The molecule has 0 unspecified atom stereocenters. The molecule has 3 aromatic rings. The number of benzene rings is 1. The summed E-state index contributed by atoms with van der Waals surface area (Å²) in [4.78, 5) is 22.0. The molecule has 0 N–H and O–H groups in total. The molecule has 0 saturated heterocycles. The third kappa shape index (κ3) is 3.14. The number of aromatic nitrogens is 2. The quantitative estimate of drug-likeness (QED) is 0.369.